The van der Waals surface area contributed by atoms with Gasteiger partial charge in [-0.15, -0.1) is 0 Å². The lowest BCUT2D eigenvalue weighted by atomic mass is 9.99. The first-order chi connectivity index (χ1) is 17.9. The molecule has 0 radical (unpaired) electrons. The van der Waals surface area contributed by atoms with Crippen molar-refractivity contribution >= 4 is 57.9 Å². The first-order valence-corrected chi connectivity index (χ1v) is 12.5. The van der Waals surface area contributed by atoms with E-state index < -0.39 is 11.8 Å². The summed E-state index contributed by atoms with van der Waals surface area (Å²) < 4.78 is 7.79. The minimum Gasteiger partial charge on any atom is -0.493 e. The van der Waals surface area contributed by atoms with Crippen LogP contribution in [-0.4, -0.2) is 55.9 Å². The number of carbonyl (C=O) groups is 2. The van der Waals surface area contributed by atoms with Crippen LogP contribution in [0.25, 0.3) is 11.0 Å². The number of halogens is 2. The van der Waals surface area contributed by atoms with Gasteiger partial charge < -0.3 is 20.0 Å². The maximum Gasteiger partial charge on any atom is 0.276 e. The summed E-state index contributed by atoms with van der Waals surface area (Å²) in [6.45, 7) is 4.18. The fraction of sp³-hybridized carbons (Fsp3) is 0.280. The smallest absolute Gasteiger partial charge is 0.276 e. The molecule has 3 heterocycles. The number of fused-ring (bicyclic) bond motifs is 1. The number of nitrogens with zero attached hydrogens (tertiary/aromatic N) is 3. The molecular formula is C25H25Cl2N7O3. The highest BCUT2D eigenvalue weighted by Gasteiger charge is 2.22. The fourth-order valence-electron chi connectivity index (χ4n) is 4.14. The molecule has 2 amide bonds. The van der Waals surface area contributed by atoms with Crippen molar-refractivity contribution in [2.45, 2.75) is 19.8 Å². The quantitative estimate of drug-likeness (QED) is 0.244. The van der Waals surface area contributed by atoms with Gasteiger partial charge in [-0.2, -0.15) is 0 Å². The van der Waals surface area contributed by atoms with E-state index in [-0.39, 0.29) is 17.3 Å². The Morgan fingerprint density at radius 3 is 2.76 bits per heavy atom. The van der Waals surface area contributed by atoms with Crippen LogP contribution in [0.1, 0.15) is 39.4 Å². The maximum absolute atomic E-state index is 12.9. The summed E-state index contributed by atoms with van der Waals surface area (Å²) in [5, 5.41) is 5.91. The van der Waals surface area contributed by atoms with Gasteiger partial charge in [0.25, 0.3) is 11.8 Å². The number of carbonyl (C=O) groups excluding carboxylic acids is 2. The van der Waals surface area contributed by atoms with Gasteiger partial charge in [0.1, 0.15) is 11.4 Å². The predicted octanol–water partition coefficient (Wildman–Crippen LogP) is 5.00. The first-order valence-electron chi connectivity index (χ1n) is 11.8. The van der Waals surface area contributed by atoms with Crippen LogP contribution in [0.2, 0.25) is 5.02 Å². The van der Waals surface area contributed by atoms with Gasteiger partial charge in [-0.05, 0) is 67.3 Å². The highest BCUT2D eigenvalue weighted by Crippen LogP contribution is 2.24. The van der Waals surface area contributed by atoms with E-state index in [2.05, 4.69) is 30.6 Å². The largest absolute Gasteiger partial charge is 0.493 e. The zero-order valence-corrected chi connectivity index (χ0v) is 21.5. The van der Waals surface area contributed by atoms with Crippen molar-refractivity contribution in [2.24, 2.45) is 5.92 Å². The molecule has 0 unspecified atom stereocenters. The average molecular weight is 542 g/mol. The van der Waals surface area contributed by atoms with Crippen molar-refractivity contribution in [3.05, 3.63) is 64.7 Å². The number of nitrogens with one attached hydrogen (secondary N) is 4. The van der Waals surface area contributed by atoms with Crippen LogP contribution in [0.4, 0.5) is 11.6 Å². The third kappa shape index (κ3) is 5.87. The molecule has 1 aliphatic heterocycles. The van der Waals surface area contributed by atoms with Crippen molar-refractivity contribution in [3.63, 3.8) is 0 Å². The van der Waals surface area contributed by atoms with E-state index in [9.17, 15) is 9.59 Å². The molecular weight excluding hydrogens is 517 g/mol. The molecule has 2 aromatic carbocycles. The number of aromatic amines is 2. The monoisotopic (exact) mass is 541 g/mol. The number of aromatic nitrogens is 4. The number of piperidine rings is 1. The van der Waals surface area contributed by atoms with Crippen molar-refractivity contribution < 1.29 is 14.3 Å². The number of amides is 2. The molecule has 12 heteroatoms. The van der Waals surface area contributed by atoms with E-state index in [0.29, 0.717) is 40.0 Å². The second kappa shape index (κ2) is 10.8. The van der Waals surface area contributed by atoms with Crippen molar-refractivity contribution in [1.82, 2.24) is 24.4 Å². The molecule has 1 aliphatic rings. The van der Waals surface area contributed by atoms with Gasteiger partial charge in [-0.1, -0.05) is 17.7 Å². The molecule has 2 aromatic heterocycles. The normalized spacial score (nSPS) is 14.6. The highest BCUT2D eigenvalue weighted by atomic mass is 35.5. The SMILES string of the molecule is Cc1ccc(Cl)cc1NC(=O)c1nc[nH]c1C(=O)Nc1nc2ccc(OCC3CCN(Cl)CC3)cc2[nH]1. The van der Waals surface area contributed by atoms with Crippen LogP contribution >= 0.6 is 23.4 Å². The molecule has 5 rings (SSSR count). The third-order valence-corrected chi connectivity index (χ3v) is 6.83. The van der Waals surface area contributed by atoms with E-state index >= 15 is 0 Å². The number of aryl methyl sites for hydroxylation is 1. The Kier molecular flexibility index (Phi) is 7.31. The van der Waals surface area contributed by atoms with Crippen LogP contribution in [-0.2, 0) is 0 Å². The zero-order chi connectivity index (χ0) is 25.9. The van der Waals surface area contributed by atoms with Crippen molar-refractivity contribution in [3.8, 4) is 5.75 Å². The molecule has 0 spiro atoms. The predicted molar refractivity (Wildman–Crippen MR) is 142 cm³/mol. The van der Waals surface area contributed by atoms with E-state index in [0.717, 1.165) is 31.5 Å². The van der Waals surface area contributed by atoms with E-state index in [1.165, 1.54) is 6.33 Å². The van der Waals surface area contributed by atoms with Crippen LogP contribution in [0.5, 0.6) is 5.75 Å². The van der Waals surface area contributed by atoms with Crippen molar-refractivity contribution in [2.75, 3.05) is 30.3 Å². The first kappa shape index (κ1) is 25.1. The van der Waals surface area contributed by atoms with Crippen LogP contribution < -0.4 is 15.4 Å². The number of anilines is 2. The minimum atomic E-state index is -0.563. The molecule has 0 saturated carbocycles. The molecule has 1 saturated heterocycles. The van der Waals surface area contributed by atoms with Crippen LogP contribution in [0.15, 0.2) is 42.7 Å². The number of ether oxygens (including phenoxy) is 1. The van der Waals surface area contributed by atoms with Gasteiger partial charge in [0.2, 0.25) is 5.95 Å². The number of H-pyrrole nitrogens is 2. The Morgan fingerprint density at radius 1 is 1.14 bits per heavy atom. The summed E-state index contributed by atoms with van der Waals surface area (Å²) in [7, 11) is 0. The van der Waals surface area contributed by atoms with Gasteiger partial charge in [-0.3, -0.25) is 14.9 Å². The molecule has 0 atom stereocenters. The zero-order valence-electron chi connectivity index (χ0n) is 20.0. The Morgan fingerprint density at radius 2 is 1.95 bits per heavy atom. The Hall–Kier alpha value is -3.60. The van der Waals surface area contributed by atoms with Gasteiger partial charge >= 0.3 is 0 Å². The maximum atomic E-state index is 12.9. The van der Waals surface area contributed by atoms with Crippen LogP contribution in [0, 0.1) is 12.8 Å². The summed E-state index contributed by atoms with van der Waals surface area (Å²) in [4.78, 5) is 40.0. The number of imidazole rings is 2. The molecule has 4 aromatic rings. The summed E-state index contributed by atoms with van der Waals surface area (Å²) >= 11 is 12.1. The van der Waals surface area contributed by atoms with Crippen molar-refractivity contribution in [1.29, 1.82) is 0 Å². The topological polar surface area (TPSA) is 128 Å². The summed E-state index contributed by atoms with van der Waals surface area (Å²) in [6.07, 6.45) is 3.28. The van der Waals surface area contributed by atoms with Gasteiger partial charge in [0, 0.05) is 29.9 Å². The molecule has 10 nitrogen and oxygen atoms in total. The molecule has 1 fully saturated rings. The second-order valence-corrected chi connectivity index (χ2v) is 9.84. The van der Waals surface area contributed by atoms with E-state index in [1.54, 1.807) is 18.2 Å². The van der Waals surface area contributed by atoms with Gasteiger partial charge in [0.15, 0.2) is 5.69 Å². The third-order valence-electron chi connectivity index (χ3n) is 6.26. The summed E-state index contributed by atoms with van der Waals surface area (Å²) in [5.41, 5.74) is 2.69. The standard InChI is InChI=1S/C25H25Cl2N7O3/c1-14-2-3-16(26)10-19(14)30-23(35)21-22(29-13-28-21)24(36)33-25-31-18-5-4-17(11-20(18)32-25)37-12-15-6-8-34(27)9-7-15/h2-5,10-11,13,15H,6-9,12H2,1H3,(H,28,29)(H,30,35)(H2,31,32,33,36). The van der Waals surface area contributed by atoms with E-state index in [1.807, 2.05) is 29.5 Å². The Bertz CT molecular complexity index is 1440. The Balaban J connectivity index is 1.24. The lowest BCUT2D eigenvalue weighted by Gasteiger charge is -2.26. The van der Waals surface area contributed by atoms with Crippen LogP contribution in [0.3, 0.4) is 0 Å². The fourth-order valence-corrected chi connectivity index (χ4v) is 4.51. The highest BCUT2D eigenvalue weighted by molar-refractivity contribution is 6.31. The molecule has 37 heavy (non-hydrogen) atoms. The number of benzene rings is 2. The van der Waals surface area contributed by atoms with E-state index in [4.69, 9.17) is 28.1 Å². The average Bonchev–Trinajstić information content (AvgIpc) is 3.52. The number of hydrogen-bond acceptors (Lipinski definition) is 6. The Labute approximate surface area is 222 Å². The molecule has 192 valence electrons. The van der Waals surface area contributed by atoms with Gasteiger partial charge in [-0.25, -0.2) is 14.4 Å². The number of rotatable bonds is 7. The molecule has 0 aliphatic carbocycles. The summed E-state index contributed by atoms with van der Waals surface area (Å²) in [5.74, 6) is 0.307. The second-order valence-electron chi connectivity index (χ2n) is 8.92. The minimum absolute atomic E-state index is 0.00431. The van der Waals surface area contributed by atoms with Gasteiger partial charge in [0.05, 0.1) is 24.0 Å². The lowest BCUT2D eigenvalue weighted by molar-refractivity contribution is 0.0985. The molecule has 0 bridgehead atoms. The number of hydrogen-bond donors (Lipinski definition) is 4. The molecule has 4 N–H and O–H groups in total. The summed E-state index contributed by atoms with van der Waals surface area (Å²) in [6, 6.07) is 10.7. The lowest BCUT2D eigenvalue weighted by Crippen LogP contribution is -2.29.